The molecule has 2 aliphatic carbocycles. The number of hydrogen-bond donors (Lipinski definition) is 1. The van der Waals surface area contributed by atoms with Crippen molar-refractivity contribution in [2.45, 2.75) is 58.6 Å². The third kappa shape index (κ3) is 3.81. The molecule has 5 heteroatoms. The van der Waals surface area contributed by atoms with E-state index >= 15 is 0 Å². The first-order valence-electron chi connectivity index (χ1n) is 7.68. The van der Waals surface area contributed by atoms with Gasteiger partial charge in [0.25, 0.3) is 10.1 Å². The summed E-state index contributed by atoms with van der Waals surface area (Å²) in [5.41, 5.74) is 0. The molecule has 6 atom stereocenters. The molecule has 0 aliphatic heterocycles. The van der Waals surface area contributed by atoms with Crippen molar-refractivity contribution in [3.63, 3.8) is 0 Å². The van der Waals surface area contributed by atoms with Crippen LogP contribution < -0.4 is 0 Å². The molecule has 0 saturated heterocycles. The molecule has 2 rings (SSSR count). The molecule has 2 fully saturated rings. The molecule has 1 radical (unpaired) electrons. The quantitative estimate of drug-likeness (QED) is 0.629. The second-order valence-electron chi connectivity index (χ2n) is 7.30. The second-order valence-corrected chi connectivity index (χ2v) is 8.94. The molecule has 0 aromatic heterocycles. The van der Waals surface area contributed by atoms with E-state index in [2.05, 4.69) is 27.7 Å². The monoisotopic (exact) mass is 311 g/mol. The smallest absolute Gasteiger partial charge is 0.268 e. The van der Waals surface area contributed by atoms with Gasteiger partial charge in [-0.1, -0.05) is 34.1 Å². The molecular weight excluding hydrogens is 283 g/mol. The van der Waals surface area contributed by atoms with E-state index in [1.165, 1.54) is 6.42 Å². The Labute approximate surface area is 146 Å². The first kappa shape index (κ1) is 19.0. The molecule has 20 heavy (non-hydrogen) atoms. The zero-order valence-corrected chi connectivity index (χ0v) is 16.4. The molecule has 2 saturated carbocycles. The van der Waals surface area contributed by atoms with E-state index < -0.39 is 15.4 Å². The zero-order chi connectivity index (χ0) is 14.4. The van der Waals surface area contributed by atoms with E-state index in [1.54, 1.807) is 0 Å². The van der Waals surface area contributed by atoms with Gasteiger partial charge in [0.15, 0.2) is 0 Å². The summed E-state index contributed by atoms with van der Waals surface area (Å²) in [7, 11) is -3.89. The molecule has 0 amide bonds. The van der Waals surface area contributed by atoms with Gasteiger partial charge >= 0.3 is 0 Å². The van der Waals surface area contributed by atoms with Crippen molar-refractivity contribution in [2.24, 2.45) is 35.5 Å². The predicted octanol–water partition coefficient (Wildman–Crippen LogP) is 3.23. The van der Waals surface area contributed by atoms with Gasteiger partial charge in [0.1, 0.15) is 0 Å². The predicted molar refractivity (Wildman–Crippen MR) is 83.2 cm³/mol. The van der Waals surface area contributed by atoms with E-state index in [9.17, 15) is 13.0 Å². The standard InChI is InChI=1S/C15H28O3S.Na/c1-9(2)12-6-5-10(3)15-13(8-12)11(4)7-14(15)19(16,17)18;/h9-15H,5-8H2,1-4H3,(H,16,17,18);. The fourth-order valence-electron chi connectivity index (χ4n) is 4.59. The van der Waals surface area contributed by atoms with Gasteiger partial charge < -0.3 is 0 Å². The SMILES string of the molecule is CC(C)C1CCC(C)C2C(C1)C(C)CC2S(=O)(=O)O.[Na]. The molecule has 0 aromatic carbocycles. The first-order valence-corrected chi connectivity index (χ1v) is 9.18. The summed E-state index contributed by atoms with van der Waals surface area (Å²) in [5.74, 6) is 2.83. The van der Waals surface area contributed by atoms with Crippen molar-refractivity contribution in [3.8, 4) is 0 Å². The Bertz CT molecular complexity index is 421. The van der Waals surface area contributed by atoms with Crippen molar-refractivity contribution in [2.75, 3.05) is 0 Å². The largest absolute Gasteiger partial charge is 0.285 e. The van der Waals surface area contributed by atoms with Gasteiger partial charge in [-0.3, -0.25) is 4.55 Å². The average Bonchev–Trinajstić information content (AvgIpc) is 2.50. The van der Waals surface area contributed by atoms with Crippen LogP contribution in [0, 0.1) is 35.5 Å². The molecule has 0 spiro atoms. The minimum atomic E-state index is -3.89. The minimum absolute atomic E-state index is 0. The van der Waals surface area contributed by atoms with Crippen LogP contribution in [0.25, 0.3) is 0 Å². The molecule has 0 bridgehead atoms. The van der Waals surface area contributed by atoms with Crippen LogP contribution in [0.2, 0.25) is 0 Å². The Balaban J connectivity index is 0.00000200. The van der Waals surface area contributed by atoms with Gasteiger partial charge in [0.2, 0.25) is 0 Å². The summed E-state index contributed by atoms with van der Waals surface area (Å²) in [4.78, 5) is 0. The number of hydrogen-bond acceptors (Lipinski definition) is 2. The summed E-state index contributed by atoms with van der Waals surface area (Å²) in [6.45, 7) is 8.89. The van der Waals surface area contributed by atoms with Crippen molar-refractivity contribution >= 4 is 39.7 Å². The van der Waals surface area contributed by atoms with Gasteiger partial charge in [-0.15, -0.1) is 0 Å². The van der Waals surface area contributed by atoms with Crippen LogP contribution in [0.1, 0.15) is 53.4 Å². The Kier molecular flexibility index (Phi) is 6.63. The molecular formula is C15H28NaO3S. The van der Waals surface area contributed by atoms with Gasteiger partial charge in [-0.05, 0) is 54.8 Å². The topological polar surface area (TPSA) is 54.4 Å². The average molecular weight is 311 g/mol. The van der Waals surface area contributed by atoms with Crippen LogP contribution in [-0.4, -0.2) is 47.8 Å². The Hall–Kier alpha value is 0.910. The van der Waals surface area contributed by atoms with Gasteiger partial charge in [0, 0.05) is 29.6 Å². The number of fused-ring (bicyclic) bond motifs is 1. The first-order chi connectivity index (χ1) is 8.71. The maximum Gasteiger partial charge on any atom is 0.268 e. The third-order valence-electron chi connectivity index (χ3n) is 5.81. The summed E-state index contributed by atoms with van der Waals surface area (Å²) in [6, 6.07) is 0. The van der Waals surface area contributed by atoms with Crippen molar-refractivity contribution in [1.29, 1.82) is 0 Å². The Morgan fingerprint density at radius 2 is 1.65 bits per heavy atom. The van der Waals surface area contributed by atoms with E-state index in [0.717, 1.165) is 12.8 Å². The summed E-state index contributed by atoms with van der Waals surface area (Å²) >= 11 is 0. The zero-order valence-electron chi connectivity index (χ0n) is 13.5. The van der Waals surface area contributed by atoms with Crippen LogP contribution in [0.5, 0.6) is 0 Å². The van der Waals surface area contributed by atoms with E-state index in [0.29, 0.717) is 36.0 Å². The molecule has 0 heterocycles. The van der Waals surface area contributed by atoms with E-state index in [-0.39, 0.29) is 35.5 Å². The molecule has 2 aliphatic rings. The Morgan fingerprint density at radius 1 is 1.05 bits per heavy atom. The summed E-state index contributed by atoms with van der Waals surface area (Å²) in [5, 5.41) is -0.520. The molecule has 0 aromatic rings. The van der Waals surface area contributed by atoms with Crippen molar-refractivity contribution in [1.82, 2.24) is 0 Å². The Morgan fingerprint density at radius 3 is 2.15 bits per heavy atom. The van der Waals surface area contributed by atoms with E-state index in [1.807, 2.05) is 0 Å². The van der Waals surface area contributed by atoms with Crippen LogP contribution in [0.15, 0.2) is 0 Å². The normalized spacial score (nSPS) is 41.9. The maximum absolute atomic E-state index is 11.7. The fraction of sp³-hybridized carbons (Fsp3) is 1.00. The van der Waals surface area contributed by atoms with Gasteiger partial charge in [-0.2, -0.15) is 8.42 Å². The van der Waals surface area contributed by atoms with Gasteiger partial charge in [-0.25, -0.2) is 0 Å². The van der Waals surface area contributed by atoms with Crippen LogP contribution in [0.4, 0.5) is 0 Å². The molecule has 6 unspecified atom stereocenters. The fourth-order valence-corrected chi connectivity index (χ4v) is 6.01. The van der Waals surface area contributed by atoms with E-state index in [4.69, 9.17) is 0 Å². The molecule has 1 N–H and O–H groups in total. The summed E-state index contributed by atoms with van der Waals surface area (Å²) < 4.78 is 32.9. The van der Waals surface area contributed by atoms with Crippen molar-refractivity contribution in [3.05, 3.63) is 0 Å². The van der Waals surface area contributed by atoms with Crippen LogP contribution in [0.3, 0.4) is 0 Å². The van der Waals surface area contributed by atoms with Crippen LogP contribution >= 0.6 is 0 Å². The third-order valence-corrected chi connectivity index (χ3v) is 7.08. The van der Waals surface area contributed by atoms with Crippen molar-refractivity contribution < 1.29 is 13.0 Å². The molecule has 3 nitrogen and oxygen atoms in total. The molecule has 113 valence electrons. The summed E-state index contributed by atoms with van der Waals surface area (Å²) in [6.07, 6.45) is 4.09. The second kappa shape index (κ2) is 6.99. The number of rotatable bonds is 2. The van der Waals surface area contributed by atoms with Crippen LogP contribution in [-0.2, 0) is 10.1 Å². The van der Waals surface area contributed by atoms with Gasteiger partial charge in [0.05, 0.1) is 5.25 Å². The maximum atomic E-state index is 11.7. The minimum Gasteiger partial charge on any atom is -0.285 e.